The Morgan fingerprint density at radius 3 is 2.67 bits per heavy atom. The van der Waals surface area contributed by atoms with Crippen LogP contribution < -0.4 is 0 Å². The van der Waals surface area contributed by atoms with Crippen molar-refractivity contribution >= 4 is 64.1 Å². The molecule has 0 unspecified atom stereocenters. The van der Waals surface area contributed by atoms with E-state index in [0.717, 1.165) is 0 Å². The van der Waals surface area contributed by atoms with Crippen LogP contribution in [0.4, 0.5) is 0 Å². The molecule has 1 saturated heterocycles. The number of halogens is 2. The third kappa shape index (κ3) is 5.15. The third-order valence-electron chi connectivity index (χ3n) is 2.26. The predicted molar refractivity (Wildman–Crippen MR) is 87.8 cm³/mol. The van der Waals surface area contributed by atoms with Gasteiger partial charge in [0.05, 0.1) is 12.6 Å². The van der Waals surface area contributed by atoms with Crippen LogP contribution in [0.15, 0.2) is 0 Å². The number of carbonyl (C=O) groups excluding carboxylic acids is 1. The smallest absolute Gasteiger partial charge is 0.256 e. The van der Waals surface area contributed by atoms with Gasteiger partial charge in [-0.15, -0.1) is 0 Å². The number of nitrogens with zero attached hydrogens (tertiary/aromatic N) is 1. The minimum Gasteiger partial charge on any atom is -0.364 e. The first kappa shape index (κ1) is 17.6. The number of hydrogen-bond donors (Lipinski definition) is 0. The summed E-state index contributed by atoms with van der Waals surface area (Å²) >= 11 is 6.04. The molecule has 1 rings (SSSR count). The molecule has 0 N–H and O–H groups in total. The molecule has 2 atom stereocenters. The lowest BCUT2D eigenvalue weighted by molar-refractivity contribution is -0.199. The van der Waals surface area contributed by atoms with E-state index >= 15 is 0 Å². The monoisotopic (exact) mass is 521 g/mol. The zero-order valence-electron chi connectivity index (χ0n) is 9.88. The van der Waals surface area contributed by atoms with Crippen LogP contribution in [0.1, 0.15) is 0 Å². The molecule has 10 heteroatoms. The summed E-state index contributed by atoms with van der Waals surface area (Å²) in [6.07, 6.45) is -0.490. The summed E-state index contributed by atoms with van der Waals surface area (Å²) < 4.78 is 20.4. The zero-order valence-corrected chi connectivity index (χ0v) is 15.9. The van der Waals surface area contributed by atoms with Gasteiger partial charge in [-0.1, -0.05) is 0 Å². The number of likely N-dealkylation sites (tertiary alicyclic amines) is 1. The summed E-state index contributed by atoms with van der Waals surface area (Å²) in [5.74, 6) is -0.0845. The van der Waals surface area contributed by atoms with Crippen molar-refractivity contribution < 1.29 is 23.2 Å². The standard InChI is InChI=1S/C8H14I2NO5PS/c1-13-4-11-6(3-16-18-17(9)10)7(8(11)12)15-5-14-2/h6-7H,3-5H2,1-2H3/t6-,7+/m0/s1. The van der Waals surface area contributed by atoms with Crippen molar-refractivity contribution in [2.75, 3.05) is 34.4 Å². The minimum atomic E-state index is -0.490. The van der Waals surface area contributed by atoms with Crippen LogP contribution >= 0.6 is 58.2 Å². The molecule has 0 saturated carbocycles. The Bertz CT molecular complexity index is 276. The molecule has 0 aromatic heterocycles. The molecule has 0 bridgehead atoms. The molecule has 106 valence electrons. The first-order valence-corrected chi connectivity index (χ1v) is 13.2. The molecule has 6 nitrogen and oxygen atoms in total. The van der Waals surface area contributed by atoms with Crippen molar-refractivity contribution in [2.45, 2.75) is 12.1 Å². The second kappa shape index (κ2) is 9.48. The van der Waals surface area contributed by atoms with Gasteiger partial charge in [-0.2, -0.15) is 0 Å². The number of rotatable bonds is 9. The largest absolute Gasteiger partial charge is 0.364 e. The van der Waals surface area contributed by atoms with Crippen LogP contribution in [0.25, 0.3) is 0 Å². The fourth-order valence-electron chi connectivity index (χ4n) is 1.51. The fraction of sp³-hybridized carbons (Fsp3) is 0.875. The summed E-state index contributed by atoms with van der Waals surface area (Å²) in [5.41, 5.74) is 0. The van der Waals surface area contributed by atoms with E-state index in [9.17, 15) is 4.79 Å². The lowest BCUT2D eigenvalue weighted by atomic mass is 10.00. The van der Waals surface area contributed by atoms with Gasteiger partial charge < -0.3 is 23.3 Å². The quantitative estimate of drug-likeness (QED) is 0.153. The fourth-order valence-corrected chi connectivity index (χ4v) is 4.26. The van der Waals surface area contributed by atoms with E-state index in [1.807, 2.05) is 0 Å². The van der Waals surface area contributed by atoms with Crippen LogP contribution in [0.3, 0.4) is 0 Å². The van der Waals surface area contributed by atoms with Gasteiger partial charge >= 0.3 is 0 Å². The second-order valence-corrected chi connectivity index (χ2v) is 20.9. The van der Waals surface area contributed by atoms with Crippen molar-refractivity contribution in [1.29, 1.82) is 0 Å². The van der Waals surface area contributed by atoms with Crippen molar-refractivity contribution in [2.24, 2.45) is 0 Å². The SMILES string of the molecule is COCO[C@H]1C(=O)N(COC)[C@H]1COSP(I)I. The van der Waals surface area contributed by atoms with E-state index < -0.39 is 6.10 Å². The van der Waals surface area contributed by atoms with Crippen molar-refractivity contribution in [1.82, 2.24) is 4.90 Å². The maximum absolute atomic E-state index is 11.8. The van der Waals surface area contributed by atoms with Crippen molar-refractivity contribution in [3.8, 4) is 0 Å². The average Bonchev–Trinajstić information content (AvgIpc) is 2.34. The van der Waals surface area contributed by atoms with E-state index in [1.54, 1.807) is 12.0 Å². The van der Waals surface area contributed by atoms with Gasteiger partial charge in [0.25, 0.3) is 5.91 Å². The normalized spacial score (nSPS) is 23.6. The highest BCUT2D eigenvalue weighted by atomic mass is 127. The Balaban J connectivity index is 2.42. The molecule has 1 aliphatic rings. The maximum atomic E-state index is 11.8. The third-order valence-corrected chi connectivity index (χ3v) is 6.16. The molecule has 1 amide bonds. The van der Waals surface area contributed by atoms with Gasteiger partial charge in [0.1, 0.15) is 15.9 Å². The molecule has 0 aromatic rings. The number of methoxy groups -OCH3 is 2. The van der Waals surface area contributed by atoms with E-state index in [-0.39, 0.29) is 27.9 Å². The van der Waals surface area contributed by atoms with Gasteiger partial charge in [-0.05, 0) is 44.1 Å². The van der Waals surface area contributed by atoms with Crippen LogP contribution in [-0.2, 0) is 23.2 Å². The molecular formula is C8H14I2NO5PS. The highest BCUT2D eigenvalue weighted by Crippen LogP contribution is 2.65. The Morgan fingerprint density at radius 1 is 1.39 bits per heavy atom. The number of hydrogen-bond acceptors (Lipinski definition) is 6. The zero-order chi connectivity index (χ0) is 13.5. The number of β-lactam (4-membered cyclic amide) rings is 1. The number of ether oxygens (including phenoxy) is 3. The van der Waals surface area contributed by atoms with E-state index in [4.69, 9.17) is 18.4 Å². The summed E-state index contributed by atoms with van der Waals surface area (Å²) in [7, 11) is 3.08. The summed E-state index contributed by atoms with van der Waals surface area (Å²) in [6.45, 7) is 0.790. The van der Waals surface area contributed by atoms with Gasteiger partial charge in [0.2, 0.25) is 0 Å². The predicted octanol–water partition coefficient (Wildman–Crippen LogP) is 2.55. The number of amides is 1. The van der Waals surface area contributed by atoms with Crippen molar-refractivity contribution in [3.05, 3.63) is 0 Å². The van der Waals surface area contributed by atoms with E-state index in [1.165, 1.54) is 18.8 Å². The topological polar surface area (TPSA) is 57.2 Å². The number of carbonyl (C=O) groups is 1. The molecule has 1 fully saturated rings. The van der Waals surface area contributed by atoms with Crippen molar-refractivity contribution in [3.63, 3.8) is 0 Å². The first-order chi connectivity index (χ1) is 8.61. The highest BCUT2D eigenvalue weighted by Gasteiger charge is 2.48. The van der Waals surface area contributed by atoms with Gasteiger partial charge in [0.15, 0.2) is 6.10 Å². The summed E-state index contributed by atoms with van der Waals surface area (Å²) in [4.78, 5) is 13.4. The lowest BCUT2D eigenvalue weighted by Crippen LogP contribution is -2.67. The van der Waals surface area contributed by atoms with E-state index in [2.05, 4.69) is 44.1 Å². The highest BCUT2D eigenvalue weighted by molar-refractivity contribution is 14.3. The molecule has 1 aliphatic heterocycles. The minimum absolute atomic E-state index is 0.0845. The molecule has 18 heavy (non-hydrogen) atoms. The first-order valence-electron chi connectivity index (χ1n) is 4.93. The van der Waals surface area contributed by atoms with Crippen LogP contribution in [0, 0.1) is 0 Å². The maximum Gasteiger partial charge on any atom is 0.256 e. The average molecular weight is 521 g/mol. The van der Waals surface area contributed by atoms with Crippen LogP contribution in [0.2, 0.25) is 0 Å². The van der Waals surface area contributed by atoms with Gasteiger partial charge in [0, 0.05) is 25.9 Å². The molecular weight excluding hydrogens is 507 g/mol. The Morgan fingerprint density at radius 2 is 2.11 bits per heavy atom. The molecule has 0 aromatic carbocycles. The summed E-state index contributed by atoms with van der Waals surface area (Å²) in [5, 5.41) is 0. The second-order valence-electron chi connectivity index (χ2n) is 3.35. The van der Waals surface area contributed by atoms with Crippen LogP contribution in [0.5, 0.6) is 0 Å². The Kier molecular flexibility index (Phi) is 9.27. The lowest BCUT2D eigenvalue weighted by Gasteiger charge is -2.45. The molecule has 0 radical (unpaired) electrons. The Hall–Kier alpha value is 1.55. The Labute approximate surface area is 137 Å². The molecule has 1 heterocycles. The van der Waals surface area contributed by atoms with Crippen LogP contribution in [-0.4, -0.2) is 57.3 Å². The molecule has 0 aliphatic carbocycles. The van der Waals surface area contributed by atoms with Gasteiger partial charge in [-0.25, -0.2) is 0 Å². The molecule has 0 spiro atoms. The van der Waals surface area contributed by atoms with Gasteiger partial charge in [-0.3, -0.25) is 4.79 Å². The van der Waals surface area contributed by atoms with E-state index in [0.29, 0.717) is 6.61 Å². The summed E-state index contributed by atoms with van der Waals surface area (Å²) in [6, 6.07) is -0.108.